The molecule has 0 saturated carbocycles. The molecule has 0 bridgehead atoms. The lowest BCUT2D eigenvalue weighted by molar-refractivity contribution is 0.100. The molecule has 0 aliphatic heterocycles. The zero-order chi connectivity index (χ0) is 14.3. The van der Waals surface area contributed by atoms with Gasteiger partial charge in [0.2, 0.25) is 0 Å². The van der Waals surface area contributed by atoms with Crippen LogP contribution in [0.3, 0.4) is 0 Å². The van der Waals surface area contributed by atoms with Gasteiger partial charge in [-0.25, -0.2) is 4.98 Å². The normalized spacial score (nSPS) is 10.8. The molecule has 2 heterocycles. The number of primary amides is 1. The van der Waals surface area contributed by atoms with Crippen molar-refractivity contribution in [2.24, 2.45) is 5.73 Å². The summed E-state index contributed by atoms with van der Waals surface area (Å²) in [6, 6.07) is 9.22. The summed E-state index contributed by atoms with van der Waals surface area (Å²) in [6.45, 7) is 0. The molecule has 0 aliphatic rings. The number of anilines is 2. The van der Waals surface area contributed by atoms with Crippen molar-refractivity contribution in [3.63, 3.8) is 0 Å². The molecule has 0 unspecified atom stereocenters. The minimum Gasteiger partial charge on any atom is -0.399 e. The molecule has 2 aromatic heterocycles. The monoisotopic (exact) mass is 284 g/mol. The largest absolute Gasteiger partial charge is 0.399 e. The number of carbonyl (C=O) groups excluding carboxylic acids is 1. The van der Waals surface area contributed by atoms with Gasteiger partial charge in [0, 0.05) is 22.8 Å². The second-order valence-electron chi connectivity index (χ2n) is 4.40. The lowest BCUT2D eigenvalue weighted by Crippen LogP contribution is -2.08. The van der Waals surface area contributed by atoms with E-state index in [1.165, 1.54) is 11.3 Å². The fraction of sp³-hybridized carbons (Fsp3) is 0. The Kier molecular flexibility index (Phi) is 2.80. The van der Waals surface area contributed by atoms with E-state index in [4.69, 9.17) is 17.2 Å². The summed E-state index contributed by atoms with van der Waals surface area (Å²) >= 11 is 1.25. The molecule has 1 aromatic carbocycles. The van der Waals surface area contributed by atoms with Crippen molar-refractivity contribution in [2.45, 2.75) is 0 Å². The number of carbonyl (C=O) groups is 1. The Labute approximate surface area is 119 Å². The number of hydrogen-bond acceptors (Lipinski definition) is 5. The van der Waals surface area contributed by atoms with Crippen LogP contribution in [0, 0.1) is 0 Å². The van der Waals surface area contributed by atoms with Gasteiger partial charge in [0.05, 0.1) is 9.58 Å². The maximum Gasteiger partial charge on any atom is 0.258 e. The second-order valence-corrected chi connectivity index (χ2v) is 5.45. The molecule has 0 spiro atoms. The second kappa shape index (κ2) is 4.50. The van der Waals surface area contributed by atoms with Crippen LogP contribution in [0.25, 0.3) is 21.2 Å². The molecule has 5 nitrogen and oxygen atoms in total. The van der Waals surface area contributed by atoms with E-state index in [9.17, 15) is 4.79 Å². The van der Waals surface area contributed by atoms with E-state index in [1.54, 1.807) is 12.3 Å². The Balaban J connectivity index is 2.31. The van der Waals surface area contributed by atoms with Gasteiger partial charge < -0.3 is 17.2 Å². The molecular formula is C14H12N4OS. The van der Waals surface area contributed by atoms with Crippen molar-refractivity contribution in [3.8, 4) is 11.1 Å². The highest BCUT2D eigenvalue weighted by Crippen LogP contribution is 2.36. The first-order valence-corrected chi connectivity index (χ1v) is 6.71. The molecule has 0 atom stereocenters. The molecule has 20 heavy (non-hydrogen) atoms. The Morgan fingerprint density at radius 1 is 1.20 bits per heavy atom. The third-order valence-electron chi connectivity index (χ3n) is 3.03. The number of pyridine rings is 1. The van der Waals surface area contributed by atoms with E-state index in [2.05, 4.69) is 4.98 Å². The summed E-state index contributed by atoms with van der Waals surface area (Å²) in [7, 11) is 0. The maximum atomic E-state index is 11.3. The van der Waals surface area contributed by atoms with Crippen LogP contribution >= 0.6 is 11.3 Å². The van der Waals surface area contributed by atoms with E-state index >= 15 is 0 Å². The highest BCUT2D eigenvalue weighted by molar-refractivity contribution is 7.21. The van der Waals surface area contributed by atoms with E-state index in [0.29, 0.717) is 16.4 Å². The minimum atomic E-state index is -0.468. The third-order valence-corrected chi connectivity index (χ3v) is 4.20. The summed E-state index contributed by atoms with van der Waals surface area (Å²) in [5.74, 6) is -0.0747. The predicted octanol–water partition coefficient (Wildman–Crippen LogP) is 2.23. The van der Waals surface area contributed by atoms with Crippen molar-refractivity contribution < 1.29 is 4.79 Å². The molecule has 0 saturated heterocycles. The van der Waals surface area contributed by atoms with Gasteiger partial charge in [0.15, 0.2) is 0 Å². The number of hydrogen-bond donors (Lipinski definition) is 3. The molecule has 6 N–H and O–H groups in total. The molecule has 3 aromatic rings. The Morgan fingerprint density at radius 3 is 2.70 bits per heavy atom. The van der Waals surface area contributed by atoms with Crippen molar-refractivity contribution in [1.82, 2.24) is 4.98 Å². The number of nitrogens with two attached hydrogens (primary N) is 3. The molecule has 6 heteroatoms. The van der Waals surface area contributed by atoms with Crippen molar-refractivity contribution >= 4 is 38.8 Å². The smallest absolute Gasteiger partial charge is 0.258 e. The number of thiophene rings is 1. The van der Waals surface area contributed by atoms with E-state index in [1.807, 2.05) is 24.3 Å². The van der Waals surface area contributed by atoms with Crippen LogP contribution in [-0.4, -0.2) is 10.9 Å². The topological polar surface area (TPSA) is 108 Å². The number of nitrogens with zero attached hydrogens (tertiary/aromatic N) is 1. The number of benzene rings is 1. The van der Waals surface area contributed by atoms with Gasteiger partial charge >= 0.3 is 0 Å². The van der Waals surface area contributed by atoms with Crippen LogP contribution in [0.2, 0.25) is 0 Å². The van der Waals surface area contributed by atoms with Crippen LogP contribution in [-0.2, 0) is 0 Å². The van der Waals surface area contributed by atoms with Crippen molar-refractivity contribution in [3.05, 3.63) is 41.4 Å². The third kappa shape index (κ3) is 1.96. The Morgan fingerprint density at radius 2 is 2.00 bits per heavy atom. The predicted molar refractivity (Wildman–Crippen MR) is 82.4 cm³/mol. The highest BCUT2D eigenvalue weighted by Gasteiger charge is 2.14. The lowest BCUT2D eigenvalue weighted by Gasteiger charge is -2.05. The summed E-state index contributed by atoms with van der Waals surface area (Å²) in [5.41, 5.74) is 19.5. The lowest BCUT2D eigenvalue weighted by atomic mass is 10.0. The quantitative estimate of drug-likeness (QED) is 0.627. The van der Waals surface area contributed by atoms with Crippen LogP contribution in [0.15, 0.2) is 36.5 Å². The maximum absolute atomic E-state index is 11.3. The number of amides is 1. The number of nitrogen functional groups attached to an aromatic ring is 2. The van der Waals surface area contributed by atoms with Crippen LogP contribution in [0.5, 0.6) is 0 Å². The van der Waals surface area contributed by atoms with Gasteiger partial charge in [-0.05, 0) is 23.8 Å². The first-order valence-electron chi connectivity index (χ1n) is 5.90. The molecule has 0 fully saturated rings. The Bertz CT molecular complexity index is 825. The summed E-state index contributed by atoms with van der Waals surface area (Å²) < 4.78 is 0.763. The SMILES string of the molecule is NC(=O)c1cc2c(-c3cccc(N)c3)cnc(N)c2s1. The zero-order valence-corrected chi connectivity index (χ0v) is 11.3. The summed E-state index contributed by atoms with van der Waals surface area (Å²) in [5, 5.41) is 0.863. The van der Waals surface area contributed by atoms with Crippen LogP contribution in [0.1, 0.15) is 9.67 Å². The zero-order valence-electron chi connectivity index (χ0n) is 10.5. The number of aromatic nitrogens is 1. The van der Waals surface area contributed by atoms with Gasteiger partial charge in [0.1, 0.15) is 5.82 Å². The molecule has 0 radical (unpaired) electrons. The van der Waals surface area contributed by atoms with E-state index < -0.39 is 5.91 Å². The minimum absolute atomic E-state index is 0.394. The molecule has 100 valence electrons. The van der Waals surface area contributed by atoms with Crippen molar-refractivity contribution in [1.29, 1.82) is 0 Å². The van der Waals surface area contributed by atoms with Gasteiger partial charge in [-0.15, -0.1) is 11.3 Å². The van der Waals surface area contributed by atoms with Gasteiger partial charge in [-0.2, -0.15) is 0 Å². The number of fused-ring (bicyclic) bond motifs is 1. The fourth-order valence-electron chi connectivity index (χ4n) is 2.10. The molecule has 0 aliphatic carbocycles. The van der Waals surface area contributed by atoms with E-state index in [-0.39, 0.29) is 0 Å². The molecule has 1 amide bonds. The summed E-state index contributed by atoms with van der Waals surface area (Å²) in [6.07, 6.45) is 1.68. The summed E-state index contributed by atoms with van der Waals surface area (Å²) in [4.78, 5) is 16.0. The Hall–Kier alpha value is -2.60. The molecule has 3 rings (SSSR count). The fourth-order valence-corrected chi connectivity index (χ4v) is 3.03. The van der Waals surface area contributed by atoms with Gasteiger partial charge in [-0.1, -0.05) is 12.1 Å². The highest BCUT2D eigenvalue weighted by atomic mass is 32.1. The average molecular weight is 284 g/mol. The van der Waals surface area contributed by atoms with Gasteiger partial charge in [0.25, 0.3) is 5.91 Å². The van der Waals surface area contributed by atoms with Crippen molar-refractivity contribution in [2.75, 3.05) is 11.5 Å². The van der Waals surface area contributed by atoms with Crippen LogP contribution in [0.4, 0.5) is 11.5 Å². The van der Waals surface area contributed by atoms with E-state index in [0.717, 1.165) is 21.2 Å². The molecular weight excluding hydrogens is 272 g/mol. The average Bonchev–Trinajstić information content (AvgIpc) is 2.85. The van der Waals surface area contributed by atoms with Crippen LogP contribution < -0.4 is 17.2 Å². The first-order chi connectivity index (χ1) is 9.56. The number of rotatable bonds is 2. The standard InChI is InChI=1S/C14H12N4OS/c15-8-3-1-2-7(4-8)10-6-18-13(16)12-9(10)5-11(20-12)14(17)19/h1-6H,15H2,(H2,16,18)(H2,17,19). The van der Waals surface area contributed by atoms with Gasteiger partial charge in [-0.3, -0.25) is 4.79 Å². The first kappa shape index (κ1) is 12.4.